The summed E-state index contributed by atoms with van der Waals surface area (Å²) in [5, 5.41) is 54.0. The predicted molar refractivity (Wildman–Crippen MR) is 61.7 cm³/mol. The number of rotatable bonds is 4. The fraction of sp³-hybridized carbons (Fsp3) is 1.00. The number of ether oxygens (including phenoxy) is 1. The van der Waals surface area contributed by atoms with Crippen molar-refractivity contribution in [1.29, 1.82) is 0 Å². The summed E-state index contributed by atoms with van der Waals surface area (Å²) in [6.07, 6.45) is -5.39. The van der Waals surface area contributed by atoms with Crippen LogP contribution < -0.4 is 0 Å². The Bertz CT molecular complexity index is 348. The second kappa shape index (κ2) is 6.50. The summed E-state index contributed by atoms with van der Waals surface area (Å²) in [4.78, 5) is 5.02. The normalized spacial score (nSPS) is 39.1. The van der Waals surface area contributed by atoms with Gasteiger partial charge >= 0.3 is 0 Å². The number of hydrogen-bond acceptors (Lipinski definition) is 8. The Morgan fingerprint density at radius 2 is 1.85 bits per heavy atom. The highest BCUT2D eigenvalue weighted by atomic mass is 16.8. The average Bonchev–Trinajstić information content (AvgIpc) is 2.98. The number of aliphatic hydroxyl groups is 4. The highest BCUT2D eigenvalue weighted by Gasteiger charge is 2.45. The topological polar surface area (TPSA) is 141 Å². The van der Waals surface area contributed by atoms with Gasteiger partial charge in [-0.3, -0.25) is 0 Å². The van der Waals surface area contributed by atoms with Crippen molar-refractivity contribution in [3.05, 3.63) is 5.21 Å². The van der Waals surface area contributed by atoms with Crippen molar-refractivity contribution in [3.63, 3.8) is 0 Å². The Labute approximate surface area is 115 Å². The van der Waals surface area contributed by atoms with E-state index in [0.717, 1.165) is 12.8 Å². The molecule has 0 aliphatic carbocycles. The first-order valence-corrected chi connectivity index (χ1v) is 6.44. The minimum atomic E-state index is -1.58. The monoisotopic (exact) mass is 293 g/mol. The Balaban J connectivity index is 1.95. The molecule has 4 N–H and O–H groups in total. The highest BCUT2D eigenvalue weighted by molar-refractivity contribution is 4.88. The molecule has 0 amide bonds. The molecule has 2 heterocycles. The van der Waals surface area contributed by atoms with Gasteiger partial charge in [0, 0.05) is 0 Å². The molecule has 0 aromatic heterocycles. The van der Waals surface area contributed by atoms with E-state index in [0.29, 0.717) is 13.1 Å². The van der Waals surface area contributed by atoms with Crippen LogP contribution in [-0.2, 0) is 9.57 Å². The van der Waals surface area contributed by atoms with Gasteiger partial charge in [-0.25, -0.2) is 0 Å². The smallest absolute Gasteiger partial charge is 0.262 e. The first kappa shape index (κ1) is 15.2. The molecule has 0 aromatic rings. The van der Waals surface area contributed by atoms with E-state index in [9.17, 15) is 20.5 Å². The average molecular weight is 293 g/mol. The van der Waals surface area contributed by atoms with E-state index in [2.05, 4.69) is 5.28 Å². The molecule has 5 atom stereocenters. The lowest BCUT2D eigenvalue weighted by molar-refractivity contribution is -0.710. The van der Waals surface area contributed by atoms with Crippen LogP contribution in [0.15, 0.2) is 5.28 Å². The maximum absolute atomic E-state index is 11.5. The zero-order chi connectivity index (χ0) is 14.7. The van der Waals surface area contributed by atoms with Gasteiger partial charge in [0.15, 0.2) is 0 Å². The second-order valence-corrected chi connectivity index (χ2v) is 4.80. The quantitative estimate of drug-likeness (QED) is 0.257. The van der Waals surface area contributed by atoms with Crippen molar-refractivity contribution in [2.45, 2.75) is 43.5 Å². The maximum Gasteiger partial charge on any atom is 0.262 e. The van der Waals surface area contributed by atoms with E-state index >= 15 is 0 Å². The van der Waals surface area contributed by atoms with Gasteiger partial charge in [0.05, 0.1) is 24.7 Å². The van der Waals surface area contributed by atoms with E-state index < -0.39 is 37.3 Å². The minimum absolute atomic E-state index is 0.258. The van der Waals surface area contributed by atoms with Crippen molar-refractivity contribution in [1.82, 2.24) is 5.01 Å². The van der Waals surface area contributed by atoms with Gasteiger partial charge in [-0.15, -0.1) is 5.01 Å². The summed E-state index contributed by atoms with van der Waals surface area (Å²) in [7, 11) is 0. The van der Waals surface area contributed by atoms with Crippen LogP contribution in [0, 0.1) is 5.21 Å². The Kier molecular flexibility index (Phi) is 4.94. The summed E-state index contributed by atoms with van der Waals surface area (Å²) >= 11 is 0. The molecular weight excluding hydrogens is 274 g/mol. The first-order valence-electron chi connectivity index (χ1n) is 6.44. The predicted octanol–water partition coefficient (Wildman–Crippen LogP) is -2.31. The molecule has 0 saturated carbocycles. The third-order valence-corrected chi connectivity index (χ3v) is 3.39. The third kappa shape index (κ3) is 3.10. The third-order valence-electron chi connectivity index (χ3n) is 3.39. The van der Waals surface area contributed by atoms with Crippen molar-refractivity contribution < 1.29 is 35.0 Å². The van der Waals surface area contributed by atoms with Gasteiger partial charge in [0.1, 0.15) is 24.4 Å². The molecule has 10 heteroatoms. The van der Waals surface area contributed by atoms with Crippen LogP contribution in [0.3, 0.4) is 0 Å². The van der Waals surface area contributed by atoms with E-state index in [1.807, 2.05) is 0 Å². The van der Waals surface area contributed by atoms with E-state index in [1.54, 1.807) is 0 Å². The Hall–Kier alpha value is -1.20. The summed E-state index contributed by atoms with van der Waals surface area (Å²) in [5.41, 5.74) is 0. The molecule has 2 fully saturated rings. The van der Waals surface area contributed by atoms with Gasteiger partial charge in [-0.1, -0.05) is 0 Å². The summed E-state index contributed by atoms with van der Waals surface area (Å²) in [5.74, 6) is 0. The van der Waals surface area contributed by atoms with Crippen molar-refractivity contribution in [2.75, 3.05) is 19.7 Å². The lowest BCUT2D eigenvalue weighted by Gasteiger charge is -2.37. The lowest BCUT2D eigenvalue weighted by atomic mass is 9.99. The highest BCUT2D eigenvalue weighted by Crippen LogP contribution is 2.22. The molecule has 20 heavy (non-hydrogen) atoms. The van der Waals surface area contributed by atoms with Gasteiger partial charge in [-0.05, 0) is 12.8 Å². The largest absolute Gasteiger partial charge is 0.569 e. The van der Waals surface area contributed by atoms with Crippen molar-refractivity contribution in [2.24, 2.45) is 5.28 Å². The summed E-state index contributed by atoms with van der Waals surface area (Å²) in [6.45, 7) is 0.550. The van der Waals surface area contributed by atoms with Gasteiger partial charge in [0.2, 0.25) is 5.28 Å². The van der Waals surface area contributed by atoms with Crippen LogP contribution in [0.1, 0.15) is 12.8 Å². The van der Waals surface area contributed by atoms with Crippen LogP contribution in [0.25, 0.3) is 0 Å². The zero-order valence-corrected chi connectivity index (χ0v) is 10.8. The molecule has 0 aromatic carbocycles. The number of hydrazine groups is 1. The van der Waals surface area contributed by atoms with Gasteiger partial charge in [0.25, 0.3) is 6.29 Å². The van der Waals surface area contributed by atoms with Crippen LogP contribution in [0.5, 0.6) is 0 Å². The summed E-state index contributed by atoms with van der Waals surface area (Å²) < 4.78 is 5.03. The molecule has 2 saturated heterocycles. The second-order valence-electron chi connectivity index (χ2n) is 4.80. The zero-order valence-electron chi connectivity index (χ0n) is 10.8. The van der Waals surface area contributed by atoms with Crippen molar-refractivity contribution in [3.8, 4) is 0 Å². The molecular formula is C10H19N3O7. The molecule has 116 valence electrons. The van der Waals surface area contributed by atoms with Crippen LogP contribution in [-0.4, -0.2) is 80.8 Å². The van der Waals surface area contributed by atoms with Gasteiger partial charge < -0.3 is 35.2 Å². The molecule has 10 nitrogen and oxygen atoms in total. The number of aliphatic hydroxyl groups excluding tert-OH is 4. The van der Waals surface area contributed by atoms with E-state index in [1.165, 1.54) is 5.01 Å². The molecule has 2 rings (SSSR count). The molecule has 5 unspecified atom stereocenters. The Morgan fingerprint density at radius 3 is 2.45 bits per heavy atom. The van der Waals surface area contributed by atoms with Crippen LogP contribution in [0.2, 0.25) is 0 Å². The standard InChI is InChI=1S/C10H19N3O7/c14-5-6-7(15)8(16)9(17)10(19-6)20-11-13(18)12-3-1-2-4-12/h6-10,14-17H,1-5H2/b13-11-. The van der Waals surface area contributed by atoms with E-state index in [-0.39, 0.29) is 4.97 Å². The maximum atomic E-state index is 11.5. The number of hydrogen-bond donors (Lipinski definition) is 4. The van der Waals surface area contributed by atoms with E-state index in [4.69, 9.17) is 14.7 Å². The molecule has 0 spiro atoms. The molecule has 0 bridgehead atoms. The number of nitrogens with zero attached hydrogens (tertiary/aromatic N) is 3. The van der Waals surface area contributed by atoms with Crippen molar-refractivity contribution >= 4 is 0 Å². The SMILES string of the molecule is [O-]/[N+](=N\OC1OC(CO)C(O)C(O)C1O)N1CCCC1. The summed E-state index contributed by atoms with van der Waals surface area (Å²) in [6, 6.07) is 0. The fourth-order valence-corrected chi connectivity index (χ4v) is 2.16. The molecule has 0 radical (unpaired) electrons. The molecule has 2 aliphatic heterocycles. The fourth-order valence-electron chi connectivity index (χ4n) is 2.16. The first-order chi connectivity index (χ1) is 9.54. The Morgan fingerprint density at radius 1 is 1.20 bits per heavy atom. The molecule has 2 aliphatic rings. The minimum Gasteiger partial charge on any atom is -0.569 e. The lowest BCUT2D eigenvalue weighted by Crippen LogP contribution is -2.58. The van der Waals surface area contributed by atoms with Crippen LogP contribution >= 0.6 is 0 Å². The van der Waals surface area contributed by atoms with Gasteiger partial charge in [-0.2, -0.15) is 0 Å². The van der Waals surface area contributed by atoms with Crippen LogP contribution in [0.4, 0.5) is 0 Å².